The predicted molar refractivity (Wildman–Crippen MR) is 81.8 cm³/mol. The molecule has 1 aromatic heterocycles. The first-order valence-electron chi connectivity index (χ1n) is 5.81. The molecule has 0 saturated carbocycles. The summed E-state index contributed by atoms with van der Waals surface area (Å²) in [4.78, 5) is 2.44. The van der Waals surface area contributed by atoms with Gasteiger partial charge in [-0.1, -0.05) is 6.92 Å². The Kier molecular flexibility index (Phi) is 4.58. The van der Waals surface area contributed by atoms with Crippen LogP contribution in [-0.4, -0.2) is 35.0 Å². The van der Waals surface area contributed by atoms with Crippen LogP contribution in [0.25, 0.3) is 0 Å². The molecule has 0 spiro atoms. The molecule has 2 rings (SSSR count). The van der Waals surface area contributed by atoms with E-state index in [-0.39, 0.29) is 5.54 Å². The molecule has 0 aromatic carbocycles. The van der Waals surface area contributed by atoms with Gasteiger partial charge in [0.15, 0.2) is 0 Å². The maximum absolute atomic E-state index is 6.03. The Labute approximate surface area is 120 Å². The van der Waals surface area contributed by atoms with E-state index in [1.54, 1.807) is 11.3 Å². The van der Waals surface area contributed by atoms with E-state index < -0.39 is 0 Å². The maximum atomic E-state index is 6.03. The maximum Gasteiger partial charge on any atom is 0.0701 e. The zero-order valence-electron chi connectivity index (χ0n) is 10.3. The fourth-order valence-electron chi connectivity index (χ4n) is 2.38. The number of rotatable bonds is 4. The molecule has 2 heterocycles. The smallest absolute Gasteiger partial charge is 0.0701 e. The molecule has 2 atom stereocenters. The first-order chi connectivity index (χ1) is 8.05. The molecule has 1 aliphatic heterocycles. The van der Waals surface area contributed by atoms with Gasteiger partial charge in [-0.15, -0.1) is 11.3 Å². The van der Waals surface area contributed by atoms with Crippen LogP contribution in [0.1, 0.15) is 18.9 Å². The van der Waals surface area contributed by atoms with E-state index in [1.165, 1.54) is 15.8 Å². The van der Waals surface area contributed by atoms with Gasteiger partial charge in [0.25, 0.3) is 0 Å². The molecule has 2 N–H and O–H groups in total. The molecule has 96 valence electrons. The Hall–Kier alpha value is 0.450. The molecule has 2 unspecified atom stereocenters. The third-order valence-corrected chi connectivity index (χ3v) is 6.53. The van der Waals surface area contributed by atoms with E-state index in [0.29, 0.717) is 0 Å². The molecule has 1 saturated heterocycles. The molecular formula is C12H19BrN2S2. The topological polar surface area (TPSA) is 29.3 Å². The second-order valence-corrected chi connectivity index (χ2v) is 8.59. The number of thiophene rings is 1. The highest BCUT2D eigenvalue weighted by atomic mass is 79.9. The summed E-state index contributed by atoms with van der Waals surface area (Å²) in [7, 11) is 2.21. The molecule has 1 aromatic rings. The average Bonchev–Trinajstić information content (AvgIpc) is 2.86. The standard InChI is InChI=1S/C12H19BrN2S2/c1-9-4-12(7-14,8-17-9)15(2)5-10-3-11(13)16-6-10/h3,6,9H,4-5,7-8,14H2,1-2H3. The van der Waals surface area contributed by atoms with Crippen LogP contribution in [0.4, 0.5) is 0 Å². The van der Waals surface area contributed by atoms with Gasteiger partial charge >= 0.3 is 0 Å². The molecule has 0 radical (unpaired) electrons. The highest BCUT2D eigenvalue weighted by molar-refractivity contribution is 9.11. The van der Waals surface area contributed by atoms with Gasteiger partial charge in [0.1, 0.15) is 0 Å². The molecule has 0 amide bonds. The predicted octanol–water partition coefficient (Wildman–Crippen LogP) is 3.17. The van der Waals surface area contributed by atoms with Gasteiger partial charge in [-0.3, -0.25) is 4.90 Å². The Morgan fingerprint density at radius 1 is 1.65 bits per heavy atom. The summed E-state index contributed by atoms with van der Waals surface area (Å²) < 4.78 is 1.21. The van der Waals surface area contributed by atoms with Crippen molar-refractivity contribution < 1.29 is 0 Å². The summed E-state index contributed by atoms with van der Waals surface area (Å²) in [5, 5.41) is 2.95. The van der Waals surface area contributed by atoms with Crippen molar-refractivity contribution in [2.75, 3.05) is 19.3 Å². The van der Waals surface area contributed by atoms with Gasteiger partial charge in [0.05, 0.1) is 3.79 Å². The molecule has 1 aliphatic rings. The van der Waals surface area contributed by atoms with Crippen molar-refractivity contribution in [2.45, 2.75) is 30.7 Å². The van der Waals surface area contributed by atoms with Crippen LogP contribution in [0.15, 0.2) is 15.2 Å². The zero-order chi connectivity index (χ0) is 12.5. The molecule has 2 nitrogen and oxygen atoms in total. The molecule has 1 fully saturated rings. The van der Waals surface area contributed by atoms with E-state index in [4.69, 9.17) is 5.73 Å². The van der Waals surface area contributed by atoms with Crippen LogP contribution in [0.3, 0.4) is 0 Å². The van der Waals surface area contributed by atoms with Crippen LogP contribution in [-0.2, 0) is 6.54 Å². The van der Waals surface area contributed by atoms with Crippen LogP contribution in [0.5, 0.6) is 0 Å². The van der Waals surface area contributed by atoms with Crippen LogP contribution < -0.4 is 5.73 Å². The lowest BCUT2D eigenvalue weighted by Crippen LogP contribution is -2.52. The number of thioether (sulfide) groups is 1. The average molecular weight is 335 g/mol. The number of likely N-dealkylation sites (N-methyl/N-ethyl adjacent to an activating group) is 1. The van der Waals surface area contributed by atoms with Crippen LogP contribution in [0, 0.1) is 0 Å². The number of hydrogen-bond donors (Lipinski definition) is 1. The van der Waals surface area contributed by atoms with Crippen molar-refractivity contribution in [3.8, 4) is 0 Å². The quantitative estimate of drug-likeness (QED) is 0.916. The number of halogens is 1. The minimum atomic E-state index is 0.193. The minimum absolute atomic E-state index is 0.193. The van der Waals surface area contributed by atoms with Gasteiger partial charge in [-0.05, 0) is 46.4 Å². The summed E-state index contributed by atoms with van der Waals surface area (Å²) in [6, 6.07) is 2.21. The molecule has 0 bridgehead atoms. The summed E-state index contributed by atoms with van der Waals surface area (Å²) in [6.07, 6.45) is 1.20. The summed E-state index contributed by atoms with van der Waals surface area (Å²) in [5.74, 6) is 1.16. The van der Waals surface area contributed by atoms with Gasteiger partial charge in [0.2, 0.25) is 0 Å². The molecule has 17 heavy (non-hydrogen) atoms. The normalized spacial score (nSPS) is 29.1. The van der Waals surface area contributed by atoms with Gasteiger partial charge in [0, 0.05) is 29.6 Å². The van der Waals surface area contributed by atoms with Crippen LogP contribution >= 0.6 is 39.0 Å². The lowest BCUT2D eigenvalue weighted by atomic mass is 9.94. The zero-order valence-corrected chi connectivity index (χ0v) is 13.5. The van der Waals surface area contributed by atoms with Gasteiger partial charge in [-0.2, -0.15) is 11.8 Å². The first kappa shape index (κ1) is 13.9. The fraction of sp³-hybridized carbons (Fsp3) is 0.667. The van der Waals surface area contributed by atoms with Crippen molar-refractivity contribution in [3.63, 3.8) is 0 Å². The van der Waals surface area contributed by atoms with Crippen molar-refractivity contribution >= 4 is 39.0 Å². The summed E-state index contributed by atoms with van der Waals surface area (Å²) in [6.45, 7) is 4.05. The van der Waals surface area contributed by atoms with Crippen molar-refractivity contribution in [3.05, 3.63) is 20.8 Å². The van der Waals surface area contributed by atoms with Crippen LogP contribution in [0.2, 0.25) is 0 Å². The second-order valence-electron chi connectivity index (χ2n) is 4.87. The third-order valence-electron chi connectivity index (χ3n) is 3.54. The summed E-state index contributed by atoms with van der Waals surface area (Å²) in [5.41, 5.74) is 7.60. The lowest BCUT2D eigenvalue weighted by molar-refractivity contribution is 0.139. The van der Waals surface area contributed by atoms with Crippen molar-refractivity contribution in [2.24, 2.45) is 5.73 Å². The number of hydrogen-bond acceptors (Lipinski definition) is 4. The van der Waals surface area contributed by atoms with E-state index in [0.717, 1.165) is 24.1 Å². The molecule has 0 aliphatic carbocycles. The SMILES string of the molecule is CC1CC(CN)(N(C)Cc2csc(Br)c2)CS1. The third kappa shape index (κ3) is 3.07. The second kappa shape index (κ2) is 5.61. The molecular weight excluding hydrogens is 316 g/mol. The van der Waals surface area contributed by atoms with Gasteiger partial charge < -0.3 is 5.73 Å². The van der Waals surface area contributed by atoms with E-state index in [1.807, 2.05) is 11.8 Å². The van der Waals surface area contributed by atoms with Crippen molar-refractivity contribution in [1.82, 2.24) is 4.90 Å². The fourth-order valence-corrected chi connectivity index (χ4v) is 5.06. The minimum Gasteiger partial charge on any atom is -0.329 e. The summed E-state index contributed by atoms with van der Waals surface area (Å²) >= 11 is 7.31. The Morgan fingerprint density at radius 3 is 2.88 bits per heavy atom. The lowest BCUT2D eigenvalue weighted by Gasteiger charge is -2.37. The Balaban J connectivity index is 2.05. The largest absolute Gasteiger partial charge is 0.329 e. The van der Waals surface area contributed by atoms with E-state index in [2.05, 4.69) is 46.2 Å². The highest BCUT2D eigenvalue weighted by Crippen LogP contribution is 2.38. The van der Waals surface area contributed by atoms with E-state index >= 15 is 0 Å². The highest BCUT2D eigenvalue weighted by Gasteiger charge is 2.40. The van der Waals surface area contributed by atoms with Gasteiger partial charge in [-0.25, -0.2) is 0 Å². The molecule has 5 heteroatoms. The van der Waals surface area contributed by atoms with E-state index in [9.17, 15) is 0 Å². The number of nitrogens with zero attached hydrogens (tertiary/aromatic N) is 1. The first-order valence-corrected chi connectivity index (χ1v) is 8.54. The number of nitrogens with two attached hydrogens (primary N) is 1. The Morgan fingerprint density at radius 2 is 2.41 bits per heavy atom. The Bertz CT molecular complexity index is 382. The van der Waals surface area contributed by atoms with Crippen molar-refractivity contribution in [1.29, 1.82) is 0 Å². The monoisotopic (exact) mass is 334 g/mol.